The maximum Gasteiger partial charge on any atom is 0.0345 e. The highest BCUT2D eigenvalue weighted by atomic mass is 15.1. The van der Waals surface area contributed by atoms with Crippen LogP contribution in [0, 0.1) is 6.92 Å². The zero-order chi connectivity index (χ0) is 13.8. The van der Waals surface area contributed by atoms with E-state index in [1.54, 1.807) is 0 Å². The van der Waals surface area contributed by atoms with E-state index in [1.807, 2.05) is 0 Å². The lowest BCUT2D eigenvalue weighted by atomic mass is 9.86. The molecule has 102 valence electrons. The summed E-state index contributed by atoms with van der Waals surface area (Å²) >= 11 is 0. The first-order valence-corrected chi connectivity index (χ1v) is 6.80. The smallest absolute Gasteiger partial charge is 0.0345 e. The predicted molar refractivity (Wildman–Crippen MR) is 81.5 cm³/mol. The molecule has 0 spiro atoms. The number of benzene rings is 1. The van der Waals surface area contributed by atoms with E-state index in [0.29, 0.717) is 0 Å². The van der Waals surface area contributed by atoms with Crippen LogP contribution in [0.4, 0.5) is 5.69 Å². The van der Waals surface area contributed by atoms with E-state index in [0.717, 1.165) is 13.1 Å². The van der Waals surface area contributed by atoms with Gasteiger partial charge in [0, 0.05) is 12.2 Å². The summed E-state index contributed by atoms with van der Waals surface area (Å²) < 4.78 is 0. The van der Waals surface area contributed by atoms with Crippen molar-refractivity contribution in [2.75, 3.05) is 32.5 Å². The van der Waals surface area contributed by atoms with Crippen molar-refractivity contribution >= 4 is 5.69 Å². The molecule has 0 aliphatic rings. The fraction of sp³-hybridized carbons (Fsp3) is 0.625. The first-order chi connectivity index (χ1) is 8.29. The molecule has 0 heterocycles. The topological polar surface area (TPSA) is 15.3 Å². The van der Waals surface area contributed by atoms with Crippen LogP contribution < -0.4 is 5.32 Å². The SMILES string of the molecule is Cc1cc(NCCCN(C)C)cc(C(C)(C)C)c1. The van der Waals surface area contributed by atoms with Crippen LogP contribution in [0.5, 0.6) is 0 Å². The number of hydrogen-bond donors (Lipinski definition) is 1. The standard InChI is InChI=1S/C16H28N2/c1-13-10-14(16(2,3)4)12-15(11-13)17-8-7-9-18(5)6/h10-12,17H,7-9H2,1-6H3. The molecular weight excluding hydrogens is 220 g/mol. The highest BCUT2D eigenvalue weighted by molar-refractivity contribution is 5.50. The molecule has 0 aromatic heterocycles. The van der Waals surface area contributed by atoms with Crippen LogP contribution in [0.2, 0.25) is 0 Å². The van der Waals surface area contributed by atoms with E-state index in [2.05, 4.69) is 70.2 Å². The summed E-state index contributed by atoms with van der Waals surface area (Å²) in [7, 11) is 4.23. The minimum Gasteiger partial charge on any atom is -0.385 e. The Labute approximate surface area is 112 Å². The molecule has 0 unspecified atom stereocenters. The minimum atomic E-state index is 0.214. The molecule has 0 aliphatic heterocycles. The van der Waals surface area contributed by atoms with Crippen molar-refractivity contribution in [2.45, 2.75) is 39.5 Å². The monoisotopic (exact) mass is 248 g/mol. The van der Waals surface area contributed by atoms with Crippen LogP contribution >= 0.6 is 0 Å². The third kappa shape index (κ3) is 5.09. The Morgan fingerprint density at radius 2 is 1.78 bits per heavy atom. The van der Waals surface area contributed by atoms with Gasteiger partial charge in [-0.25, -0.2) is 0 Å². The van der Waals surface area contributed by atoms with Crippen LogP contribution in [0.3, 0.4) is 0 Å². The second-order valence-corrected chi connectivity index (χ2v) is 6.42. The number of hydrogen-bond acceptors (Lipinski definition) is 2. The average Bonchev–Trinajstić information content (AvgIpc) is 2.22. The molecule has 0 bridgehead atoms. The number of anilines is 1. The second kappa shape index (κ2) is 6.24. The van der Waals surface area contributed by atoms with Gasteiger partial charge >= 0.3 is 0 Å². The number of nitrogens with zero attached hydrogens (tertiary/aromatic N) is 1. The van der Waals surface area contributed by atoms with Crippen LogP contribution in [0.15, 0.2) is 18.2 Å². The first kappa shape index (κ1) is 15.0. The highest BCUT2D eigenvalue weighted by Crippen LogP contribution is 2.26. The van der Waals surface area contributed by atoms with Gasteiger partial charge in [-0.3, -0.25) is 0 Å². The maximum atomic E-state index is 3.53. The fourth-order valence-corrected chi connectivity index (χ4v) is 1.95. The van der Waals surface area contributed by atoms with Gasteiger partial charge in [0.15, 0.2) is 0 Å². The van der Waals surface area contributed by atoms with E-state index >= 15 is 0 Å². The zero-order valence-electron chi connectivity index (χ0n) is 12.8. The Hall–Kier alpha value is -1.02. The van der Waals surface area contributed by atoms with Crippen molar-refractivity contribution < 1.29 is 0 Å². The number of rotatable bonds is 5. The van der Waals surface area contributed by atoms with E-state index in [-0.39, 0.29) is 5.41 Å². The molecule has 0 saturated carbocycles. The van der Waals surface area contributed by atoms with Gasteiger partial charge in [-0.05, 0) is 62.7 Å². The van der Waals surface area contributed by atoms with Gasteiger partial charge in [-0.1, -0.05) is 26.8 Å². The lowest BCUT2D eigenvalue weighted by Gasteiger charge is -2.21. The molecule has 18 heavy (non-hydrogen) atoms. The van der Waals surface area contributed by atoms with Crippen LogP contribution in [-0.4, -0.2) is 32.1 Å². The molecule has 1 N–H and O–H groups in total. The molecule has 1 aromatic carbocycles. The quantitative estimate of drug-likeness (QED) is 0.800. The molecule has 0 fully saturated rings. The van der Waals surface area contributed by atoms with Crippen molar-refractivity contribution in [3.63, 3.8) is 0 Å². The lowest BCUT2D eigenvalue weighted by Crippen LogP contribution is -2.17. The number of nitrogens with one attached hydrogen (secondary N) is 1. The fourth-order valence-electron chi connectivity index (χ4n) is 1.95. The zero-order valence-corrected chi connectivity index (χ0v) is 12.8. The van der Waals surface area contributed by atoms with Crippen LogP contribution in [0.1, 0.15) is 38.3 Å². The molecule has 1 aromatic rings. The average molecular weight is 248 g/mol. The van der Waals surface area contributed by atoms with Gasteiger partial charge in [0.05, 0.1) is 0 Å². The summed E-state index contributed by atoms with van der Waals surface area (Å²) in [6.45, 7) is 11.1. The Balaban J connectivity index is 2.63. The largest absolute Gasteiger partial charge is 0.385 e. The Bertz CT molecular complexity index is 375. The third-order valence-electron chi connectivity index (χ3n) is 3.05. The Morgan fingerprint density at radius 3 is 2.33 bits per heavy atom. The summed E-state index contributed by atoms with van der Waals surface area (Å²) in [5.74, 6) is 0. The van der Waals surface area contributed by atoms with Crippen LogP contribution in [-0.2, 0) is 5.41 Å². The summed E-state index contributed by atoms with van der Waals surface area (Å²) in [4.78, 5) is 2.22. The predicted octanol–water partition coefficient (Wildman–Crippen LogP) is 3.66. The Kier molecular flexibility index (Phi) is 5.21. The van der Waals surface area contributed by atoms with E-state index in [1.165, 1.54) is 23.2 Å². The second-order valence-electron chi connectivity index (χ2n) is 6.42. The van der Waals surface area contributed by atoms with Crippen molar-refractivity contribution in [3.05, 3.63) is 29.3 Å². The van der Waals surface area contributed by atoms with E-state index in [9.17, 15) is 0 Å². The van der Waals surface area contributed by atoms with Gasteiger partial charge in [-0.2, -0.15) is 0 Å². The number of aryl methyl sites for hydroxylation is 1. The van der Waals surface area contributed by atoms with Crippen molar-refractivity contribution in [1.82, 2.24) is 4.90 Å². The Morgan fingerprint density at radius 1 is 1.11 bits per heavy atom. The molecular formula is C16H28N2. The molecule has 0 saturated heterocycles. The van der Waals surface area contributed by atoms with E-state index in [4.69, 9.17) is 0 Å². The molecule has 2 heteroatoms. The van der Waals surface area contributed by atoms with E-state index < -0.39 is 0 Å². The first-order valence-electron chi connectivity index (χ1n) is 6.80. The van der Waals surface area contributed by atoms with Gasteiger partial charge in [-0.15, -0.1) is 0 Å². The van der Waals surface area contributed by atoms with Crippen molar-refractivity contribution in [3.8, 4) is 0 Å². The normalized spacial score (nSPS) is 11.9. The lowest BCUT2D eigenvalue weighted by molar-refractivity contribution is 0.405. The van der Waals surface area contributed by atoms with Gasteiger partial charge < -0.3 is 10.2 Å². The summed E-state index contributed by atoms with van der Waals surface area (Å²) in [5, 5.41) is 3.53. The summed E-state index contributed by atoms with van der Waals surface area (Å²) in [5.41, 5.74) is 4.19. The summed E-state index contributed by atoms with van der Waals surface area (Å²) in [6, 6.07) is 6.79. The molecule has 0 radical (unpaired) electrons. The molecule has 0 aliphatic carbocycles. The molecule has 1 rings (SSSR count). The van der Waals surface area contributed by atoms with Crippen molar-refractivity contribution in [2.24, 2.45) is 0 Å². The maximum absolute atomic E-state index is 3.53. The van der Waals surface area contributed by atoms with Crippen molar-refractivity contribution in [1.29, 1.82) is 0 Å². The molecule has 0 amide bonds. The molecule has 0 atom stereocenters. The van der Waals surface area contributed by atoms with Crippen LogP contribution in [0.25, 0.3) is 0 Å². The molecule has 2 nitrogen and oxygen atoms in total. The van der Waals surface area contributed by atoms with Gasteiger partial charge in [0.25, 0.3) is 0 Å². The highest BCUT2D eigenvalue weighted by Gasteiger charge is 2.14. The van der Waals surface area contributed by atoms with Gasteiger partial charge in [0.2, 0.25) is 0 Å². The summed E-state index contributed by atoms with van der Waals surface area (Å²) in [6.07, 6.45) is 1.17. The minimum absolute atomic E-state index is 0.214. The third-order valence-corrected chi connectivity index (χ3v) is 3.05. The van der Waals surface area contributed by atoms with Gasteiger partial charge in [0.1, 0.15) is 0 Å².